The topological polar surface area (TPSA) is 78.0 Å². The minimum absolute atomic E-state index is 0.00688. The van der Waals surface area contributed by atoms with Gasteiger partial charge in [-0.05, 0) is 48.7 Å². The molecular formula is C19H19Cl2N5O. The highest BCUT2D eigenvalue weighted by molar-refractivity contribution is 6.42. The third kappa shape index (κ3) is 3.55. The van der Waals surface area contributed by atoms with Crippen LogP contribution in [0.2, 0.25) is 10.0 Å². The molecule has 0 amide bonds. The maximum absolute atomic E-state index is 6.21. The van der Waals surface area contributed by atoms with E-state index >= 15 is 0 Å². The number of aromatic nitrogens is 3. The third-order valence-corrected chi connectivity index (χ3v) is 5.37. The van der Waals surface area contributed by atoms with Gasteiger partial charge in [0.05, 0.1) is 28.7 Å². The molecule has 0 aliphatic carbocycles. The van der Waals surface area contributed by atoms with Crippen molar-refractivity contribution in [1.82, 2.24) is 14.8 Å². The Kier molecular flexibility index (Phi) is 4.85. The molecule has 2 unspecified atom stereocenters. The molecule has 3 aromatic rings. The van der Waals surface area contributed by atoms with Crippen molar-refractivity contribution in [3.05, 3.63) is 63.6 Å². The number of fused-ring (bicyclic) bond motifs is 1. The van der Waals surface area contributed by atoms with Crippen molar-refractivity contribution in [2.75, 3.05) is 17.7 Å². The van der Waals surface area contributed by atoms with Crippen molar-refractivity contribution >= 4 is 35.1 Å². The average molecular weight is 404 g/mol. The zero-order chi connectivity index (χ0) is 19.0. The summed E-state index contributed by atoms with van der Waals surface area (Å²) in [4.78, 5) is 4.32. The molecule has 0 bridgehead atoms. The van der Waals surface area contributed by atoms with Gasteiger partial charge in [0.25, 0.3) is 0 Å². The van der Waals surface area contributed by atoms with E-state index < -0.39 is 0 Å². The summed E-state index contributed by atoms with van der Waals surface area (Å²) in [5.41, 5.74) is 7.99. The number of halogens is 2. The van der Waals surface area contributed by atoms with Gasteiger partial charge in [-0.15, -0.1) is 5.10 Å². The van der Waals surface area contributed by atoms with Crippen molar-refractivity contribution in [3.63, 3.8) is 0 Å². The van der Waals surface area contributed by atoms with Crippen LogP contribution in [-0.2, 0) is 0 Å². The van der Waals surface area contributed by atoms with Gasteiger partial charge in [0.1, 0.15) is 5.75 Å². The molecule has 4 rings (SSSR count). The molecule has 1 aliphatic heterocycles. The summed E-state index contributed by atoms with van der Waals surface area (Å²) in [6.45, 7) is 2.60. The van der Waals surface area contributed by atoms with Crippen LogP contribution in [0.1, 0.15) is 36.6 Å². The second kappa shape index (κ2) is 7.29. The summed E-state index contributed by atoms with van der Waals surface area (Å²) >= 11 is 12.3. The summed E-state index contributed by atoms with van der Waals surface area (Å²) in [6, 6.07) is 13.7. The van der Waals surface area contributed by atoms with Gasteiger partial charge < -0.3 is 15.8 Å². The summed E-state index contributed by atoms with van der Waals surface area (Å²) in [6.07, 6.45) is 0.766. The van der Waals surface area contributed by atoms with Crippen molar-refractivity contribution in [2.45, 2.75) is 25.4 Å². The number of benzene rings is 2. The molecule has 0 saturated heterocycles. The van der Waals surface area contributed by atoms with Gasteiger partial charge in [0.2, 0.25) is 11.9 Å². The van der Waals surface area contributed by atoms with Gasteiger partial charge in [-0.1, -0.05) is 41.4 Å². The van der Waals surface area contributed by atoms with Crippen LogP contribution in [0.15, 0.2) is 42.5 Å². The molecule has 2 atom stereocenters. The largest absolute Gasteiger partial charge is 0.494 e. The smallest absolute Gasteiger partial charge is 0.241 e. The van der Waals surface area contributed by atoms with E-state index in [1.54, 1.807) is 6.07 Å². The number of ether oxygens (including phenoxy) is 1. The minimum atomic E-state index is -0.0128. The normalized spacial score (nSPS) is 18.6. The Morgan fingerprint density at radius 1 is 1.15 bits per heavy atom. The molecule has 0 saturated carbocycles. The first-order valence-corrected chi connectivity index (χ1v) is 9.47. The highest BCUT2D eigenvalue weighted by atomic mass is 35.5. The Morgan fingerprint density at radius 3 is 2.59 bits per heavy atom. The summed E-state index contributed by atoms with van der Waals surface area (Å²) < 4.78 is 7.37. The molecule has 1 aromatic heterocycles. The molecule has 8 heteroatoms. The number of hydrogen-bond donors (Lipinski definition) is 2. The highest BCUT2D eigenvalue weighted by Gasteiger charge is 2.31. The molecule has 27 heavy (non-hydrogen) atoms. The van der Waals surface area contributed by atoms with E-state index in [2.05, 4.69) is 27.5 Å². The summed E-state index contributed by atoms with van der Waals surface area (Å²) in [7, 11) is 0. The Bertz CT molecular complexity index is 957. The predicted molar refractivity (Wildman–Crippen MR) is 108 cm³/mol. The lowest BCUT2D eigenvalue weighted by Crippen LogP contribution is -2.28. The predicted octanol–water partition coefficient (Wildman–Crippen LogP) is 4.71. The first-order chi connectivity index (χ1) is 13.0. The van der Waals surface area contributed by atoms with Crippen molar-refractivity contribution in [3.8, 4) is 5.75 Å². The maximum Gasteiger partial charge on any atom is 0.241 e. The Hall–Kier alpha value is -2.44. The standard InChI is InChI=1S/C19H19Cl2N5O/c1-2-27-13-6-3-11(4-7-13)17-10-16(12-5-8-14(20)15(21)9-12)23-19-24-18(22)25-26(17)19/h3-9,16-17H,2,10H2,1H3,(H3,22,23,24,25). The molecule has 140 valence electrons. The minimum Gasteiger partial charge on any atom is -0.494 e. The van der Waals surface area contributed by atoms with Crippen LogP contribution >= 0.6 is 23.2 Å². The number of rotatable bonds is 4. The van der Waals surface area contributed by atoms with Gasteiger partial charge in [0, 0.05) is 0 Å². The van der Waals surface area contributed by atoms with E-state index in [1.165, 1.54) is 0 Å². The van der Waals surface area contributed by atoms with Crippen molar-refractivity contribution in [1.29, 1.82) is 0 Å². The zero-order valence-electron chi connectivity index (χ0n) is 14.7. The van der Waals surface area contributed by atoms with Crippen molar-refractivity contribution in [2.24, 2.45) is 0 Å². The lowest BCUT2D eigenvalue weighted by atomic mass is 9.93. The second-order valence-electron chi connectivity index (χ2n) is 6.36. The van der Waals surface area contributed by atoms with E-state index in [0.29, 0.717) is 22.6 Å². The molecule has 1 aliphatic rings. The Balaban J connectivity index is 1.70. The molecule has 3 N–H and O–H groups in total. The fourth-order valence-electron chi connectivity index (χ4n) is 3.37. The van der Waals surface area contributed by atoms with E-state index in [1.807, 2.05) is 35.9 Å². The average Bonchev–Trinajstić information content (AvgIpc) is 3.04. The lowest BCUT2D eigenvalue weighted by molar-refractivity contribution is 0.340. The maximum atomic E-state index is 6.21. The van der Waals surface area contributed by atoms with Crippen LogP contribution in [0.25, 0.3) is 0 Å². The first kappa shape index (κ1) is 17.9. The molecular weight excluding hydrogens is 385 g/mol. The fraction of sp³-hybridized carbons (Fsp3) is 0.263. The van der Waals surface area contributed by atoms with Gasteiger partial charge >= 0.3 is 0 Å². The number of nitrogens with one attached hydrogen (secondary N) is 1. The van der Waals surface area contributed by atoms with Crippen LogP contribution in [0.3, 0.4) is 0 Å². The summed E-state index contributed by atoms with van der Waals surface area (Å²) in [5.74, 6) is 1.71. The van der Waals surface area contributed by atoms with Crippen LogP contribution in [0.4, 0.5) is 11.9 Å². The molecule has 0 spiro atoms. The molecule has 2 heterocycles. The Morgan fingerprint density at radius 2 is 1.89 bits per heavy atom. The number of nitrogen functional groups attached to an aromatic ring is 1. The Labute approximate surface area is 167 Å². The SMILES string of the molecule is CCOc1ccc(C2CC(c3ccc(Cl)c(Cl)c3)Nc3nc(N)nn32)cc1. The lowest BCUT2D eigenvalue weighted by Gasteiger charge is -2.32. The van der Waals surface area contributed by atoms with Gasteiger partial charge in [-0.2, -0.15) is 4.98 Å². The molecule has 0 radical (unpaired) electrons. The number of nitrogens with zero attached hydrogens (tertiary/aromatic N) is 3. The van der Waals surface area contributed by atoms with E-state index in [4.69, 9.17) is 33.7 Å². The van der Waals surface area contributed by atoms with Crippen LogP contribution < -0.4 is 15.8 Å². The third-order valence-electron chi connectivity index (χ3n) is 4.63. The molecule has 0 fully saturated rings. The highest BCUT2D eigenvalue weighted by Crippen LogP contribution is 2.39. The number of hydrogen-bond acceptors (Lipinski definition) is 5. The van der Waals surface area contributed by atoms with E-state index in [9.17, 15) is 0 Å². The van der Waals surface area contributed by atoms with Crippen LogP contribution in [0, 0.1) is 0 Å². The summed E-state index contributed by atoms with van der Waals surface area (Å²) in [5, 5.41) is 8.83. The number of anilines is 2. The fourth-order valence-corrected chi connectivity index (χ4v) is 3.68. The van der Waals surface area contributed by atoms with Gasteiger partial charge in [-0.3, -0.25) is 0 Å². The quantitative estimate of drug-likeness (QED) is 0.659. The second-order valence-corrected chi connectivity index (χ2v) is 7.18. The van der Waals surface area contributed by atoms with Gasteiger partial charge in [-0.25, -0.2) is 4.68 Å². The molecule has 2 aromatic carbocycles. The van der Waals surface area contributed by atoms with Crippen LogP contribution in [0.5, 0.6) is 5.75 Å². The number of nitrogens with two attached hydrogens (primary N) is 1. The molecule has 6 nitrogen and oxygen atoms in total. The first-order valence-electron chi connectivity index (χ1n) is 8.71. The monoisotopic (exact) mass is 403 g/mol. The van der Waals surface area contributed by atoms with Crippen LogP contribution in [-0.4, -0.2) is 21.4 Å². The van der Waals surface area contributed by atoms with E-state index in [0.717, 1.165) is 23.3 Å². The van der Waals surface area contributed by atoms with Crippen molar-refractivity contribution < 1.29 is 4.74 Å². The van der Waals surface area contributed by atoms with E-state index in [-0.39, 0.29) is 18.0 Å². The zero-order valence-corrected chi connectivity index (χ0v) is 16.2. The van der Waals surface area contributed by atoms with Gasteiger partial charge in [0.15, 0.2) is 0 Å².